The summed E-state index contributed by atoms with van der Waals surface area (Å²) in [5.41, 5.74) is 0. The minimum Gasteiger partial charge on any atom is -0.409 e. The van der Waals surface area contributed by atoms with Gasteiger partial charge < -0.3 is 9.73 Å². The van der Waals surface area contributed by atoms with E-state index < -0.39 is 17.9 Å². The van der Waals surface area contributed by atoms with Crippen LogP contribution < -0.4 is 0 Å². The number of imidazole rings is 1. The molecule has 0 radical (unpaired) electrons. The van der Waals surface area contributed by atoms with Crippen LogP contribution in [0.3, 0.4) is 0 Å². The van der Waals surface area contributed by atoms with Crippen molar-refractivity contribution < 1.29 is 22.9 Å². The van der Waals surface area contributed by atoms with Gasteiger partial charge in [0, 0.05) is 12.4 Å². The molecule has 17 heavy (non-hydrogen) atoms. The Morgan fingerprint density at radius 3 is 2.71 bits per heavy atom. The molecular formula is C7H4F3N5O2. The zero-order valence-electron chi connectivity index (χ0n) is 7.96. The normalized spacial score (nSPS) is 13.0. The first-order valence-corrected chi connectivity index (χ1v) is 4.14. The first-order valence-electron chi connectivity index (χ1n) is 4.14. The van der Waals surface area contributed by atoms with Crippen LogP contribution in [0.15, 0.2) is 28.4 Å². The van der Waals surface area contributed by atoms with E-state index in [1.54, 1.807) is 0 Å². The van der Waals surface area contributed by atoms with Gasteiger partial charge in [0.25, 0.3) is 0 Å². The third kappa shape index (κ3) is 2.09. The predicted molar refractivity (Wildman–Crippen MR) is 45.2 cm³/mol. The largest absolute Gasteiger partial charge is 0.471 e. The minimum absolute atomic E-state index is 0.332. The van der Waals surface area contributed by atoms with Crippen molar-refractivity contribution in [2.75, 3.05) is 0 Å². The zero-order valence-corrected chi connectivity index (χ0v) is 7.96. The van der Waals surface area contributed by atoms with Crippen LogP contribution in [-0.2, 0) is 6.18 Å². The molecule has 2 rings (SSSR count). The molecule has 90 valence electrons. The van der Waals surface area contributed by atoms with Crippen LogP contribution in [0.25, 0.3) is 0 Å². The first kappa shape index (κ1) is 11.1. The van der Waals surface area contributed by atoms with Crippen molar-refractivity contribution in [3.05, 3.63) is 30.4 Å². The quantitative estimate of drug-likeness (QED) is 0.351. The molecule has 0 unspecified atom stereocenters. The number of rotatable bonds is 1. The number of hydrogen-bond donors (Lipinski definition) is 1. The molecule has 2 aromatic heterocycles. The molecule has 0 saturated carbocycles. The monoisotopic (exact) mass is 247 g/mol. The maximum atomic E-state index is 12.2. The third-order valence-corrected chi connectivity index (χ3v) is 1.71. The highest BCUT2D eigenvalue weighted by molar-refractivity contribution is 5.96. The molecular weight excluding hydrogens is 243 g/mol. The molecule has 2 heterocycles. The highest BCUT2D eigenvalue weighted by Crippen LogP contribution is 2.27. The Labute approximate surface area is 91.2 Å². The van der Waals surface area contributed by atoms with Gasteiger partial charge in [0.15, 0.2) is 0 Å². The zero-order chi connectivity index (χ0) is 12.5. The van der Waals surface area contributed by atoms with Crippen molar-refractivity contribution in [3.63, 3.8) is 0 Å². The summed E-state index contributed by atoms with van der Waals surface area (Å²) in [7, 11) is 0. The summed E-state index contributed by atoms with van der Waals surface area (Å²) in [5.74, 6) is -2.35. The molecule has 2 aromatic rings. The van der Waals surface area contributed by atoms with Crippen molar-refractivity contribution in [1.29, 1.82) is 0 Å². The Bertz CT molecular complexity index is 530. The summed E-state index contributed by atoms with van der Waals surface area (Å²) in [6.45, 7) is 0. The van der Waals surface area contributed by atoms with E-state index in [0.29, 0.717) is 0 Å². The lowest BCUT2D eigenvalue weighted by Crippen LogP contribution is -2.14. The predicted octanol–water partition coefficient (Wildman–Crippen LogP) is 0.969. The molecule has 10 heteroatoms. The molecule has 0 atom stereocenters. The average molecular weight is 247 g/mol. The number of hydrogen-bond acceptors (Lipinski definition) is 6. The fraction of sp³-hybridized carbons (Fsp3) is 0.143. The van der Waals surface area contributed by atoms with Crippen LogP contribution in [0, 0.1) is 0 Å². The highest BCUT2D eigenvalue weighted by atomic mass is 19.4. The standard InChI is InChI=1S/C7H4F3N5O2/c8-7(9,10)6-12-4(14-17-6)5(13-16)15-2-1-11-3-15/h1-3,16H/b13-5+. The fourth-order valence-corrected chi connectivity index (χ4v) is 1.03. The summed E-state index contributed by atoms with van der Waals surface area (Å²) in [4.78, 5) is 6.70. The smallest absolute Gasteiger partial charge is 0.409 e. The van der Waals surface area contributed by atoms with Gasteiger partial charge in [-0.1, -0.05) is 10.3 Å². The lowest BCUT2D eigenvalue weighted by molar-refractivity contribution is -0.159. The van der Waals surface area contributed by atoms with Gasteiger partial charge in [-0.15, -0.1) is 0 Å². The molecule has 0 bridgehead atoms. The Balaban J connectivity index is 2.38. The molecule has 0 aliphatic rings. The van der Waals surface area contributed by atoms with Crippen LogP contribution in [0.1, 0.15) is 11.7 Å². The van der Waals surface area contributed by atoms with Crippen molar-refractivity contribution in [3.8, 4) is 0 Å². The van der Waals surface area contributed by atoms with Crippen LogP contribution in [-0.4, -0.2) is 30.7 Å². The molecule has 0 amide bonds. The number of oxime groups is 1. The van der Waals surface area contributed by atoms with Gasteiger partial charge in [0.1, 0.15) is 6.33 Å². The first-order chi connectivity index (χ1) is 8.02. The minimum atomic E-state index is -4.75. The lowest BCUT2D eigenvalue weighted by atomic mass is 10.5. The second kappa shape index (κ2) is 3.88. The Morgan fingerprint density at radius 2 is 2.24 bits per heavy atom. The van der Waals surface area contributed by atoms with Crippen molar-refractivity contribution in [2.45, 2.75) is 6.18 Å². The van der Waals surface area contributed by atoms with Gasteiger partial charge in [0.05, 0.1) is 0 Å². The van der Waals surface area contributed by atoms with E-state index in [2.05, 4.69) is 24.8 Å². The van der Waals surface area contributed by atoms with Crippen LogP contribution in [0.5, 0.6) is 0 Å². The molecule has 0 aliphatic carbocycles. The van der Waals surface area contributed by atoms with Gasteiger partial charge in [0.2, 0.25) is 11.7 Å². The molecule has 0 spiro atoms. The summed E-state index contributed by atoms with van der Waals surface area (Å²) in [5, 5.41) is 14.5. The molecule has 7 nitrogen and oxygen atoms in total. The van der Waals surface area contributed by atoms with Crippen molar-refractivity contribution in [2.24, 2.45) is 5.16 Å². The number of aromatic nitrogens is 4. The van der Waals surface area contributed by atoms with Crippen LogP contribution in [0.2, 0.25) is 0 Å². The van der Waals surface area contributed by atoms with E-state index in [9.17, 15) is 13.2 Å². The molecule has 0 saturated heterocycles. The number of nitrogens with zero attached hydrogens (tertiary/aromatic N) is 5. The van der Waals surface area contributed by atoms with E-state index >= 15 is 0 Å². The maximum absolute atomic E-state index is 12.2. The summed E-state index contributed by atoms with van der Waals surface area (Å²) >= 11 is 0. The highest BCUT2D eigenvalue weighted by Gasteiger charge is 2.39. The third-order valence-electron chi connectivity index (χ3n) is 1.71. The van der Waals surface area contributed by atoms with Crippen LogP contribution in [0.4, 0.5) is 13.2 Å². The Hall–Kier alpha value is -2.39. The summed E-state index contributed by atoms with van der Waals surface area (Å²) < 4.78 is 41.7. The summed E-state index contributed by atoms with van der Waals surface area (Å²) in [6, 6.07) is 0. The Morgan fingerprint density at radius 1 is 1.47 bits per heavy atom. The van der Waals surface area contributed by atoms with E-state index in [0.717, 1.165) is 4.57 Å². The second-order valence-corrected chi connectivity index (χ2v) is 2.81. The van der Waals surface area contributed by atoms with Crippen molar-refractivity contribution in [1.82, 2.24) is 19.7 Å². The summed E-state index contributed by atoms with van der Waals surface area (Å²) in [6.07, 6.45) is -0.853. The number of alkyl halides is 3. The number of halogens is 3. The van der Waals surface area contributed by atoms with E-state index in [4.69, 9.17) is 5.21 Å². The van der Waals surface area contributed by atoms with Gasteiger partial charge in [-0.3, -0.25) is 4.57 Å². The van der Waals surface area contributed by atoms with E-state index in [1.165, 1.54) is 18.7 Å². The second-order valence-electron chi connectivity index (χ2n) is 2.81. The fourth-order valence-electron chi connectivity index (χ4n) is 1.03. The maximum Gasteiger partial charge on any atom is 0.471 e. The SMILES string of the molecule is O/N=C(\c1noc(C(F)(F)F)n1)n1ccnc1. The average Bonchev–Trinajstić information content (AvgIpc) is 2.87. The van der Waals surface area contributed by atoms with Crippen molar-refractivity contribution >= 4 is 5.84 Å². The van der Waals surface area contributed by atoms with Gasteiger partial charge in [-0.05, 0) is 0 Å². The molecule has 0 fully saturated rings. The van der Waals surface area contributed by atoms with E-state index in [-0.39, 0.29) is 5.84 Å². The van der Waals surface area contributed by atoms with Gasteiger partial charge in [-0.25, -0.2) is 4.98 Å². The van der Waals surface area contributed by atoms with Gasteiger partial charge in [-0.2, -0.15) is 18.2 Å². The Kier molecular flexibility index (Phi) is 2.54. The molecule has 0 aliphatic heterocycles. The topological polar surface area (TPSA) is 89.3 Å². The lowest BCUT2D eigenvalue weighted by Gasteiger charge is -1.98. The molecule has 1 N–H and O–H groups in total. The molecule has 0 aromatic carbocycles. The van der Waals surface area contributed by atoms with E-state index in [1.807, 2.05) is 0 Å². The van der Waals surface area contributed by atoms with Crippen LogP contribution >= 0.6 is 0 Å². The van der Waals surface area contributed by atoms with Gasteiger partial charge >= 0.3 is 12.1 Å².